The summed E-state index contributed by atoms with van der Waals surface area (Å²) in [6.07, 6.45) is 1.69. The normalized spacial score (nSPS) is 11.2. The number of pyridine rings is 1. The van der Waals surface area contributed by atoms with Crippen molar-refractivity contribution in [1.82, 2.24) is 24.4 Å². The molecule has 8 heteroatoms. The van der Waals surface area contributed by atoms with E-state index in [2.05, 4.69) is 15.3 Å². The molecule has 8 nitrogen and oxygen atoms in total. The average Bonchev–Trinajstić information content (AvgIpc) is 3.15. The van der Waals surface area contributed by atoms with Crippen LogP contribution in [0.15, 0.2) is 65.6 Å². The minimum atomic E-state index is -0.315. The Labute approximate surface area is 177 Å². The van der Waals surface area contributed by atoms with Crippen LogP contribution in [0.25, 0.3) is 33.5 Å². The summed E-state index contributed by atoms with van der Waals surface area (Å²) in [6, 6.07) is 17.0. The van der Waals surface area contributed by atoms with Gasteiger partial charge in [-0.3, -0.25) is 9.36 Å². The Morgan fingerprint density at radius 3 is 2.48 bits per heavy atom. The third-order valence-electron chi connectivity index (χ3n) is 5.26. The van der Waals surface area contributed by atoms with E-state index in [1.807, 2.05) is 43.3 Å². The third-order valence-corrected chi connectivity index (χ3v) is 5.26. The second kappa shape index (κ2) is 7.24. The van der Waals surface area contributed by atoms with Crippen LogP contribution in [0.3, 0.4) is 0 Å². The highest BCUT2D eigenvalue weighted by Gasteiger charge is 2.18. The summed E-state index contributed by atoms with van der Waals surface area (Å²) in [6.45, 7) is 1.92. The maximum absolute atomic E-state index is 13.3. The highest BCUT2D eigenvalue weighted by atomic mass is 16.5. The Hall–Kier alpha value is -4.20. The smallest absolute Gasteiger partial charge is 0.285 e. The second-order valence-corrected chi connectivity index (χ2v) is 7.02. The molecule has 3 aromatic heterocycles. The molecule has 0 atom stereocenters. The van der Waals surface area contributed by atoms with Crippen molar-refractivity contribution in [2.45, 2.75) is 6.92 Å². The van der Waals surface area contributed by atoms with Crippen molar-refractivity contribution in [3.63, 3.8) is 0 Å². The molecule has 5 rings (SSSR count). The van der Waals surface area contributed by atoms with E-state index in [0.717, 1.165) is 16.8 Å². The molecular weight excluding hydrogens is 394 g/mol. The molecule has 5 aromatic rings. The third kappa shape index (κ3) is 2.92. The maximum Gasteiger partial charge on any atom is 0.285 e. The molecule has 2 aromatic carbocycles. The van der Waals surface area contributed by atoms with Crippen LogP contribution < -0.4 is 15.0 Å². The maximum atomic E-state index is 13.3. The van der Waals surface area contributed by atoms with Crippen LogP contribution in [0.5, 0.6) is 11.5 Å². The van der Waals surface area contributed by atoms with Gasteiger partial charge in [-0.2, -0.15) is 5.10 Å². The SMILES string of the molecule is COc1ccc(-n2ccc3c(nnc4c(-c5ccccc5)c(C)nn43)c2=O)c(OC)c1. The van der Waals surface area contributed by atoms with E-state index in [4.69, 9.17) is 9.47 Å². The van der Waals surface area contributed by atoms with Crippen LogP contribution in [0.1, 0.15) is 5.69 Å². The summed E-state index contributed by atoms with van der Waals surface area (Å²) >= 11 is 0. The zero-order valence-corrected chi connectivity index (χ0v) is 17.2. The van der Waals surface area contributed by atoms with Crippen LogP contribution in [0.4, 0.5) is 0 Å². The van der Waals surface area contributed by atoms with E-state index in [1.54, 1.807) is 43.1 Å². The van der Waals surface area contributed by atoms with Gasteiger partial charge in [0.05, 0.1) is 31.2 Å². The highest BCUT2D eigenvalue weighted by Crippen LogP contribution is 2.29. The molecule has 3 heterocycles. The molecule has 31 heavy (non-hydrogen) atoms. The molecule has 0 fully saturated rings. The first kappa shape index (κ1) is 18.8. The Balaban J connectivity index is 1.74. The van der Waals surface area contributed by atoms with E-state index < -0.39 is 0 Å². The van der Waals surface area contributed by atoms with Gasteiger partial charge in [0.15, 0.2) is 11.2 Å². The van der Waals surface area contributed by atoms with Crippen molar-refractivity contribution in [2.24, 2.45) is 0 Å². The summed E-state index contributed by atoms with van der Waals surface area (Å²) in [5, 5.41) is 13.3. The van der Waals surface area contributed by atoms with Gasteiger partial charge in [-0.15, -0.1) is 10.2 Å². The molecule has 0 N–H and O–H groups in total. The van der Waals surface area contributed by atoms with Crippen molar-refractivity contribution in [3.05, 3.63) is 76.8 Å². The first-order chi connectivity index (χ1) is 15.1. The Morgan fingerprint density at radius 1 is 0.935 bits per heavy atom. The number of benzene rings is 2. The molecular formula is C23H19N5O3. The minimum Gasteiger partial charge on any atom is -0.497 e. The summed E-state index contributed by atoms with van der Waals surface area (Å²) in [4.78, 5) is 13.3. The molecule has 0 saturated carbocycles. The van der Waals surface area contributed by atoms with Gasteiger partial charge in [0.2, 0.25) is 0 Å². The van der Waals surface area contributed by atoms with Gasteiger partial charge in [0, 0.05) is 12.3 Å². The summed E-state index contributed by atoms with van der Waals surface area (Å²) < 4.78 is 13.9. The van der Waals surface area contributed by atoms with Crippen LogP contribution in [0.2, 0.25) is 0 Å². The van der Waals surface area contributed by atoms with Crippen LogP contribution in [-0.2, 0) is 0 Å². The largest absolute Gasteiger partial charge is 0.497 e. The number of nitrogens with zero attached hydrogens (tertiary/aromatic N) is 5. The summed E-state index contributed by atoms with van der Waals surface area (Å²) in [5.41, 5.74) is 4.39. The van der Waals surface area contributed by atoms with Gasteiger partial charge in [0.25, 0.3) is 5.56 Å². The summed E-state index contributed by atoms with van der Waals surface area (Å²) in [7, 11) is 3.12. The Morgan fingerprint density at radius 2 is 1.74 bits per heavy atom. The first-order valence-corrected chi connectivity index (χ1v) is 9.67. The molecule has 0 radical (unpaired) electrons. The molecule has 154 valence electrons. The molecule has 0 amide bonds. The number of hydrogen-bond donors (Lipinski definition) is 0. The predicted molar refractivity (Wildman–Crippen MR) is 117 cm³/mol. The number of aryl methyl sites for hydroxylation is 1. The molecule has 0 aliphatic carbocycles. The minimum absolute atomic E-state index is 0.218. The Bertz CT molecular complexity index is 1490. The van der Waals surface area contributed by atoms with Gasteiger partial charge >= 0.3 is 0 Å². The van der Waals surface area contributed by atoms with Gasteiger partial charge in [-0.05, 0) is 30.7 Å². The average molecular weight is 413 g/mol. The number of rotatable bonds is 4. The standard InChI is InChI=1S/C23H19N5O3/c1-14-20(15-7-5-4-6-8-15)22-25-24-21-18(28(22)26-14)11-12-27(23(21)29)17-10-9-16(30-2)13-19(17)31-3/h4-13H,1-3H3. The lowest BCUT2D eigenvalue weighted by Crippen LogP contribution is -2.20. The lowest BCUT2D eigenvalue weighted by atomic mass is 10.1. The van der Waals surface area contributed by atoms with E-state index in [0.29, 0.717) is 28.4 Å². The fraction of sp³-hybridized carbons (Fsp3) is 0.130. The van der Waals surface area contributed by atoms with Crippen LogP contribution >= 0.6 is 0 Å². The number of hydrogen-bond acceptors (Lipinski definition) is 6. The fourth-order valence-electron chi connectivity index (χ4n) is 3.77. The molecule has 0 spiro atoms. The number of aromatic nitrogens is 5. The van der Waals surface area contributed by atoms with Crippen molar-refractivity contribution < 1.29 is 9.47 Å². The van der Waals surface area contributed by atoms with E-state index in [1.165, 1.54) is 4.57 Å². The molecule has 0 unspecified atom stereocenters. The van der Waals surface area contributed by atoms with Crippen molar-refractivity contribution in [2.75, 3.05) is 14.2 Å². The number of methoxy groups -OCH3 is 2. The van der Waals surface area contributed by atoms with Crippen molar-refractivity contribution in [3.8, 4) is 28.3 Å². The lowest BCUT2D eigenvalue weighted by molar-refractivity contribution is 0.393. The number of ether oxygens (including phenoxy) is 2. The van der Waals surface area contributed by atoms with E-state index in [9.17, 15) is 4.79 Å². The lowest BCUT2D eigenvalue weighted by Gasteiger charge is -2.13. The molecule has 0 aliphatic rings. The first-order valence-electron chi connectivity index (χ1n) is 9.67. The van der Waals surface area contributed by atoms with E-state index >= 15 is 0 Å². The number of fused-ring (bicyclic) bond motifs is 3. The monoisotopic (exact) mass is 413 g/mol. The van der Waals surface area contributed by atoms with Crippen LogP contribution in [-0.4, -0.2) is 38.6 Å². The molecule has 0 saturated heterocycles. The van der Waals surface area contributed by atoms with Gasteiger partial charge < -0.3 is 9.47 Å². The highest BCUT2D eigenvalue weighted by molar-refractivity contribution is 5.84. The summed E-state index contributed by atoms with van der Waals surface area (Å²) in [5.74, 6) is 1.15. The zero-order chi connectivity index (χ0) is 21.5. The zero-order valence-electron chi connectivity index (χ0n) is 17.2. The second-order valence-electron chi connectivity index (χ2n) is 7.02. The molecule has 0 bridgehead atoms. The van der Waals surface area contributed by atoms with Gasteiger partial charge in [0.1, 0.15) is 17.0 Å². The van der Waals surface area contributed by atoms with Gasteiger partial charge in [-0.1, -0.05) is 30.3 Å². The predicted octanol–water partition coefficient (Wildman–Crippen LogP) is 3.42. The fourth-order valence-corrected chi connectivity index (χ4v) is 3.77. The topological polar surface area (TPSA) is 83.5 Å². The Kier molecular flexibility index (Phi) is 4.39. The van der Waals surface area contributed by atoms with Gasteiger partial charge in [-0.25, -0.2) is 4.52 Å². The molecule has 0 aliphatic heterocycles. The van der Waals surface area contributed by atoms with Crippen molar-refractivity contribution in [1.29, 1.82) is 0 Å². The van der Waals surface area contributed by atoms with E-state index in [-0.39, 0.29) is 11.1 Å². The quantitative estimate of drug-likeness (QED) is 0.449. The van der Waals surface area contributed by atoms with Crippen molar-refractivity contribution >= 4 is 16.7 Å². The van der Waals surface area contributed by atoms with Crippen LogP contribution in [0, 0.1) is 6.92 Å².